The Labute approximate surface area is 145 Å². The third-order valence-corrected chi connectivity index (χ3v) is 5.52. The Balaban J connectivity index is 1.71. The summed E-state index contributed by atoms with van der Waals surface area (Å²) in [5, 5.41) is 24.8. The fourth-order valence-corrected chi connectivity index (χ4v) is 4.06. The molecule has 0 saturated heterocycles. The molecule has 1 amide bonds. The number of rotatable bonds is 5. The lowest BCUT2D eigenvalue weighted by molar-refractivity contribution is -0.385. The van der Waals surface area contributed by atoms with Crippen LogP contribution in [-0.4, -0.2) is 29.3 Å². The second kappa shape index (κ2) is 6.34. The van der Waals surface area contributed by atoms with Gasteiger partial charge < -0.3 is 9.84 Å². The summed E-state index contributed by atoms with van der Waals surface area (Å²) in [5.41, 5.74) is 2.20. The number of phenolic OH excluding ortho intramolecular Hbond substituents is 1. The van der Waals surface area contributed by atoms with Crippen molar-refractivity contribution in [1.82, 2.24) is 5.43 Å². The van der Waals surface area contributed by atoms with Crippen LogP contribution in [0.5, 0.6) is 11.5 Å². The van der Waals surface area contributed by atoms with Gasteiger partial charge >= 0.3 is 5.69 Å². The van der Waals surface area contributed by atoms with Gasteiger partial charge in [-0.25, -0.2) is 5.43 Å². The number of carbonyl (C=O) groups is 1. The van der Waals surface area contributed by atoms with Crippen molar-refractivity contribution in [3.8, 4) is 11.5 Å². The molecular weight excluding hydrogens is 326 g/mol. The molecule has 0 radical (unpaired) electrons. The number of ether oxygens (including phenoxy) is 1. The average Bonchev–Trinajstić information content (AvgIpc) is 3.21. The zero-order chi connectivity index (χ0) is 18.2. The fraction of sp³-hybridized carbons (Fsp3) is 0.529. The first-order chi connectivity index (χ1) is 11.9. The molecule has 0 heterocycles. The molecule has 25 heavy (non-hydrogen) atoms. The van der Waals surface area contributed by atoms with E-state index in [1.165, 1.54) is 19.4 Å². The van der Waals surface area contributed by atoms with E-state index in [2.05, 4.69) is 17.5 Å². The molecule has 2 saturated carbocycles. The number of nitro benzene ring substituents is 1. The second-order valence-electron chi connectivity index (χ2n) is 6.91. The number of phenols is 1. The highest BCUT2D eigenvalue weighted by molar-refractivity contribution is 5.89. The molecule has 2 fully saturated rings. The van der Waals surface area contributed by atoms with Crippen LogP contribution in [0, 0.1) is 27.4 Å². The molecule has 0 bridgehead atoms. The van der Waals surface area contributed by atoms with Crippen LogP contribution in [0.15, 0.2) is 17.2 Å². The fourth-order valence-electron chi connectivity index (χ4n) is 4.06. The normalized spacial score (nSPS) is 27.6. The first kappa shape index (κ1) is 17.2. The van der Waals surface area contributed by atoms with Crippen LogP contribution < -0.4 is 10.2 Å². The summed E-state index contributed by atoms with van der Waals surface area (Å²) in [5.74, 6) is -0.0421. The van der Waals surface area contributed by atoms with E-state index in [0.717, 1.165) is 31.7 Å². The number of hydrogen-bond donors (Lipinski definition) is 2. The minimum absolute atomic E-state index is 0.0274. The summed E-state index contributed by atoms with van der Waals surface area (Å²) in [6.07, 6.45) is 5.64. The number of methoxy groups -OCH3 is 1. The largest absolute Gasteiger partial charge is 0.502 e. The number of carbonyl (C=O) groups excluding carboxylic acids is 1. The van der Waals surface area contributed by atoms with Gasteiger partial charge in [0.2, 0.25) is 11.7 Å². The molecule has 1 aromatic carbocycles. The van der Waals surface area contributed by atoms with E-state index in [0.29, 0.717) is 5.92 Å². The Hall–Kier alpha value is -2.64. The van der Waals surface area contributed by atoms with E-state index in [9.17, 15) is 20.0 Å². The number of nitrogens with one attached hydrogen (secondary N) is 1. The van der Waals surface area contributed by atoms with E-state index in [4.69, 9.17) is 4.74 Å². The number of amides is 1. The molecule has 2 aliphatic rings. The first-order valence-electron chi connectivity index (χ1n) is 8.27. The third-order valence-electron chi connectivity index (χ3n) is 5.52. The maximum atomic E-state index is 12.3. The zero-order valence-electron chi connectivity index (χ0n) is 14.2. The van der Waals surface area contributed by atoms with Crippen LogP contribution >= 0.6 is 0 Å². The van der Waals surface area contributed by atoms with Crippen molar-refractivity contribution in [3.05, 3.63) is 27.8 Å². The Morgan fingerprint density at radius 1 is 1.52 bits per heavy atom. The van der Waals surface area contributed by atoms with Gasteiger partial charge in [0, 0.05) is 11.5 Å². The highest BCUT2D eigenvalue weighted by atomic mass is 16.6. The van der Waals surface area contributed by atoms with Gasteiger partial charge in [-0.3, -0.25) is 14.9 Å². The van der Waals surface area contributed by atoms with E-state index < -0.39 is 16.4 Å². The zero-order valence-corrected chi connectivity index (χ0v) is 14.2. The summed E-state index contributed by atoms with van der Waals surface area (Å²) < 4.78 is 4.99. The van der Waals surface area contributed by atoms with Crippen LogP contribution in [0.2, 0.25) is 0 Å². The lowest BCUT2D eigenvalue weighted by Crippen LogP contribution is -2.22. The van der Waals surface area contributed by atoms with Gasteiger partial charge in [0.15, 0.2) is 0 Å². The summed E-state index contributed by atoms with van der Waals surface area (Å²) in [7, 11) is 1.37. The Morgan fingerprint density at radius 3 is 2.88 bits per heavy atom. The van der Waals surface area contributed by atoms with Crippen molar-refractivity contribution >= 4 is 17.8 Å². The molecule has 3 rings (SSSR count). The Morgan fingerprint density at radius 2 is 2.28 bits per heavy atom. The topological polar surface area (TPSA) is 114 Å². The summed E-state index contributed by atoms with van der Waals surface area (Å²) >= 11 is 0. The van der Waals surface area contributed by atoms with E-state index in [1.54, 1.807) is 0 Å². The van der Waals surface area contributed by atoms with Crippen molar-refractivity contribution in [1.29, 1.82) is 0 Å². The van der Waals surface area contributed by atoms with Crippen molar-refractivity contribution in [2.45, 2.75) is 32.6 Å². The van der Waals surface area contributed by atoms with Gasteiger partial charge in [-0.15, -0.1) is 0 Å². The maximum Gasteiger partial charge on any atom is 0.315 e. The summed E-state index contributed by atoms with van der Waals surface area (Å²) in [6, 6.07) is 2.54. The molecule has 2 N–H and O–H groups in total. The molecule has 0 unspecified atom stereocenters. The predicted octanol–water partition coefficient (Wildman–Crippen LogP) is 2.59. The smallest absolute Gasteiger partial charge is 0.315 e. The third kappa shape index (κ3) is 3.04. The number of benzene rings is 1. The molecule has 8 nitrogen and oxygen atoms in total. The SMILES string of the molecule is COc1cc(/C=N\NC(=O)[C@@H]2[C@H]3CCCC[C@@]32C)c(O)c([N+](=O)[O-])c1. The van der Waals surface area contributed by atoms with Crippen LogP contribution in [-0.2, 0) is 4.79 Å². The van der Waals surface area contributed by atoms with Crippen LogP contribution in [0.25, 0.3) is 0 Å². The van der Waals surface area contributed by atoms with Crippen LogP contribution in [0.3, 0.4) is 0 Å². The number of nitrogens with zero attached hydrogens (tertiary/aromatic N) is 2. The average molecular weight is 347 g/mol. The molecule has 8 heteroatoms. The predicted molar refractivity (Wildman–Crippen MR) is 90.6 cm³/mol. The van der Waals surface area contributed by atoms with Crippen LogP contribution in [0.4, 0.5) is 5.69 Å². The molecule has 0 aromatic heterocycles. The van der Waals surface area contributed by atoms with E-state index >= 15 is 0 Å². The second-order valence-corrected chi connectivity index (χ2v) is 6.91. The number of fused-ring (bicyclic) bond motifs is 1. The minimum atomic E-state index is -0.705. The molecular formula is C17H21N3O5. The van der Waals surface area contributed by atoms with Gasteiger partial charge in [-0.1, -0.05) is 19.8 Å². The molecule has 1 aromatic rings. The lowest BCUT2D eigenvalue weighted by atomic mass is 9.90. The lowest BCUT2D eigenvalue weighted by Gasteiger charge is -2.15. The van der Waals surface area contributed by atoms with Gasteiger partial charge in [-0.05, 0) is 30.2 Å². The monoisotopic (exact) mass is 347 g/mol. The number of nitro groups is 1. The summed E-state index contributed by atoms with van der Waals surface area (Å²) in [4.78, 5) is 22.6. The molecule has 0 spiro atoms. The quantitative estimate of drug-likeness (QED) is 0.483. The van der Waals surface area contributed by atoms with Crippen molar-refractivity contribution < 1.29 is 19.6 Å². The Bertz CT molecular complexity index is 748. The molecule has 134 valence electrons. The van der Waals surface area contributed by atoms with Gasteiger partial charge in [0.25, 0.3) is 0 Å². The van der Waals surface area contributed by atoms with Gasteiger partial charge in [0.1, 0.15) is 5.75 Å². The standard InChI is InChI=1S/C17H21N3O5/c1-17-6-4-3-5-12(17)14(17)16(22)19-18-9-10-7-11(25-2)8-13(15(10)21)20(23)24/h7-9,12,14,21H,3-6H2,1-2H3,(H,19,22)/b18-9-/t12-,14+,17+/m1/s1. The van der Waals surface area contributed by atoms with Crippen molar-refractivity contribution in [3.63, 3.8) is 0 Å². The van der Waals surface area contributed by atoms with Crippen LogP contribution in [0.1, 0.15) is 38.2 Å². The molecule has 2 aliphatic carbocycles. The van der Waals surface area contributed by atoms with Crippen molar-refractivity contribution in [2.24, 2.45) is 22.4 Å². The van der Waals surface area contributed by atoms with Gasteiger partial charge in [0.05, 0.1) is 24.3 Å². The van der Waals surface area contributed by atoms with E-state index in [1.807, 2.05) is 0 Å². The first-order valence-corrected chi connectivity index (χ1v) is 8.27. The van der Waals surface area contributed by atoms with E-state index in [-0.39, 0.29) is 28.6 Å². The number of aromatic hydroxyl groups is 1. The van der Waals surface area contributed by atoms with Crippen molar-refractivity contribution in [2.75, 3.05) is 7.11 Å². The molecule has 0 aliphatic heterocycles. The molecule has 3 atom stereocenters. The number of hydrazone groups is 1. The highest BCUT2D eigenvalue weighted by Gasteiger charge is 2.64. The van der Waals surface area contributed by atoms with Gasteiger partial charge in [-0.2, -0.15) is 5.10 Å². The highest BCUT2D eigenvalue weighted by Crippen LogP contribution is 2.66. The minimum Gasteiger partial charge on any atom is -0.502 e. The Kier molecular flexibility index (Phi) is 4.36. The summed E-state index contributed by atoms with van der Waals surface area (Å²) in [6.45, 7) is 2.14. The maximum absolute atomic E-state index is 12.3. The number of hydrogen-bond acceptors (Lipinski definition) is 6.